The molecule has 1 unspecified atom stereocenters. The summed E-state index contributed by atoms with van der Waals surface area (Å²) >= 11 is 0. The van der Waals surface area contributed by atoms with Gasteiger partial charge in [0.15, 0.2) is 0 Å². The molecule has 1 aromatic rings. The molecule has 2 rings (SSSR count). The molecule has 0 radical (unpaired) electrons. The molecule has 0 aromatic heterocycles. The summed E-state index contributed by atoms with van der Waals surface area (Å²) < 4.78 is 18.8. The van der Waals surface area contributed by atoms with Crippen LogP contribution < -0.4 is 10.5 Å². The average Bonchev–Trinajstić information content (AvgIpc) is 2.46. The van der Waals surface area contributed by atoms with Crippen LogP contribution >= 0.6 is 0 Å². The Morgan fingerprint density at radius 1 is 1.45 bits per heavy atom. The molecule has 1 aliphatic heterocycles. The third-order valence-electron chi connectivity index (χ3n) is 3.98. The number of nitrogens with two attached hydrogens (primary N) is 1. The zero-order valence-electron chi connectivity index (χ0n) is 11.9. The third-order valence-corrected chi connectivity index (χ3v) is 3.98. The fourth-order valence-corrected chi connectivity index (χ4v) is 2.59. The Morgan fingerprint density at radius 3 is 2.60 bits per heavy atom. The van der Waals surface area contributed by atoms with Crippen LogP contribution in [0.25, 0.3) is 0 Å². The molecule has 4 nitrogen and oxygen atoms in total. The van der Waals surface area contributed by atoms with Gasteiger partial charge < -0.3 is 15.4 Å². The van der Waals surface area contributed by atoms with Crippen molar-refractivity contribution in [3.8, 4) is 5.75 Å². The molecule has 20 heavy (non-hydrogen) atoms. The normalized spacial score (nSPS) is 17.9. The first-order chi connectivity index (χ1) is 9.52. The van der Waals surface area contributed by atoms with Crippen LogP contribution in [0.2, 0.25) is 0 Å². The zero-order valence-corrected chi connectivity index (χ0v) is 11.9. The summed E-state index contributed by atoms with van der Waals surface area (Å²) in [6.07, 6.45) is 1.75. The Hall–Kier alpha value is -1.62. The van der Waals surface area contributed by atoms with Gasteiger partial charge in [-0.2, -0.15) is 0 Å². The summed E-state index contributed by atoms with van der Waals surface area (Å²) in [6, 6.07) is 4.46. The van der Waals surface area contributed by atoms with Gasteiger partial charge >= 0.3 is 0 Å². The maximum absolute atomic E-state index is 13.9. The lowest BCUT2D eigenvalue weighted by molar-refractivity contribution is 0.0676. The lowest BCUT2D eigenvalue weighted by atomic mass is 9.90. The Bertz CT molecular complexity index is 483. The standard InChI is InChI=1S/C15H21FN2O2/c1-10(17)11-5-7-18(8-6-11)15(19)13-4-3-12(20-2)9-14(13)16/h3-4,9-11H,5-8,17H2,1-2H3. The number of ether oxygens (including phenoxy) is 1. The molecule has 110 valence electrons. The minimum atomic E-state index is -0.538. The van der Waals surface area contributed by atoms with Crippen LogP contribution in [0, 0.1) is 11.7 Å². The Morgan fingerprint density at radius 2 is 2.10 bits per heavy atom. The van der Waals surface area contributed by atoms with Crippen LogP contribution in [0.4, 0.5) is 4.39 Å². The van der Waals surface area contributed by atoms with Gasteiger partial charge in [0.25, 0.3) is 5.91 Å². The van der Waals surface area contributed by atoms with Crippen molar-refractivity contribution in [2.24, 2.45) is 11.7 Å². The highest BCUT2D eigenvalue weighted by molar-refractivity contribution is 5.94. The van der Waals surface area contributed by atoms with Gasteiger partial charge in [0, 0.05) is 25.2 Å². The highest BCUT2D eigenvalue weighted by Gasteiger charge is 2.26. The first-order valence-electron chi connectivity index (χ1n) is 6.91. The van der Waals surface area contributed by atoms with Gasteiger partial charge in [-0.25, -0.2) is 4.39 Å². The molecular weight excluding hydrogens is 259 g/mol. The van der Waals surface area contributed by atoms with Gasteiger partial charge in [-0.3, -0.25) is 4.79 Å². The lowest BCUT2D eigenvalue weighted by Crippen LogP contribution is -2.42. The van der Waals surface area contributed by atoms with Crippen molar-refractivity contribution in [1.29, 1.82) is 0 Å². The van der Waals surface area contributed by atoms with Crippen molar-refractivity contribution in [2.75, 3.05) is 20.2 Å². The number of amides is 1. The molecule has 1 aromatic carbocycles. The van der Waals surface area contributed by atoms with Gasteiger partial charge in [0.1, 0.15) is 11.6 Å². The Balaban J connectivity index is 2.05. The zero-order chi connectivity index (χ0) is 14.7. The molecule has 5 heteroatoms. The van der Waals surface area contributed by atoms with Crippen molar-refractivity contribution >= 4 is 5.91 Å². The molecule has 0 bridgehead atoms. The number of halogens is 1. The van der Waals surface area contributed by atoms with Crippen LogP contribution in [-0.4, -0.2) is 37.0 Å². The minimum absolute atomic E-state index is 0.102. The largest absolute Gasteiger partial charge is 0.497 e. The van der Waals surface area contributed by atoms with Crippen molar-refractivity contribution < 1.29 is 13.9 Å². The predicted molar refractivity (Wildman–Crippen MR) is 75.2 cm³/mol. The average molecular weight is 280 g/mol. The van der Waals surface area contributed by atoms with Crippen molar-refractivity contribution in [1.82, 2.24) is 4.90 Å². The monoisotopic (exact) mass is 280 g/mol. The number of likely N-dealkylation sites (tertiary alicyclic amines) is 1. The first-order valence-corrected chi connectivity index (χ1v) is 6.91. The first kappa shape index (κ1) is 14.8. The maximum Gasteiger partial charge on any atom is 0.256 e. The summed E-state index contributed by atoms with van der Waals surface area (Å²) in [7, 11) is 1.47. The number of hydrogen-bond acceptors (Lipinski definition) is 3. The molecule has 0 aliphatic carbocycles. The number of hydrogen-bond donors (Lipinski definition) is 1. The number of rotatable bonds is 3. The highest BCUT2D eigenvalue weighted by atomic mass is 19.1. The van der Waals surface area contributed by atoms with E-state index in [1.165, 1.54) is 19.2 Å². The second kappa shape index (κ2) is 6.22. The van der Waals surface area contributed by atoms with Crippen LogP contribution in [-0.2, 0) is 0 Å². The van der Waals surface area contributed by atoms with E-state index >= 15 is 0 Å². The van der Waals surface area contributed by atoms with Crippen LogP contribution in [0.3, 0.4) is 0 Å². The predicted octanol–water partition coefficient (Wildman–Crippen LogP) is 2.03. The van der Waals surface area contributed by atoms with Crippen molar-refractivity contribution in [3.63, 3.8) is 0 Å². The fraction of sp³-hybridized carbons (Fsp3) is 0.533. The van der Waals surface area contributed by atoms with Gasteiger partial charge in [-0.05, 0) is 37.8 Å². The summed E-state index contributed by atoms with van der Waals surface area (Å²) in [5.74, 6) is 0.0615. The topological polar surface area (TPSA) is 55.6 Å². The van der Waals surface area contributed by atoms with E-state index in [4.69, 9.17) is 10.5 Å². The van der Waals surface area contributed by atoms with Gasteiger partial charge in [0.05, 0.1) is 12.7 Å². The minimum Gasteiger partial charge on any atom is -0.497 e. The van der Waals surface area contributed by atoms with E-state index in [0.29, 0.717) is 24.8 Å². The van der Waals surface area contributed by atoms with Crippen LogP contribution in [0.1, 0.15) is 30.1 Å². The third kappa shape index (κ3) is 3.10. The van der Waals surface area contributed by atoms with Gasteiger partial charge in [0.2, 0.25) is 0 Å². The molecule has 0 saturated carbocycles. The number of nitrogens with zero attached hydrogens (tertiary/aromatic N) is 1. The Labute approximate surface area is 118 Å². The van der Waals surface area contributed by atoms with Gasteiger partial charge in [-0.1, -0.05) is 0 Å². The second-order valence-corrected chi connectivity index (χ2v) is 5.33. The van der Waals surface area contributed by atoms with E-state index in [0.717, 1.165) is 12.8 Å². The molecular formula is C15H21FN2O2. The van der Waals surface area contributed by atoms with E-state index in [1.54, 1.807) is 11.0 Å². The van der Waals surface area contributed by atoms with E-state index in [1.807, 2.05) is 6.92 Å². The molecule has 1 amide bonds. The van der Waals surface area contributed by atoms with Crippen LogP contribution in [0.5, 0.6) is 5.75 Å². The molecule has 1 atom stereocenters. The fourth-order valence-electron chi connectivity index (χ4n) is 2.59. The maximum atomic E-state index is 13.9. The summed E-state index contributed by atoms with van der Waals surface area (Å²) in [5, 5.41) is 0. The van der Waals surface area contributed by atoms with Crippen LogP contribution in [0.15, 0.2) is 18.2 Å². The molecule has 2 N–H and O–H groups in total. The molecule has 1 saturated heterocycles. The molecule has 1 fully saturated rings. The summed E-state index contributed by atoms with van der Waals surface area (Å²) in [5.41, 5.74) is 5.98. The quantitative estimate of drug-likeness (QED) is 0.921. The smallest absolute Gasteiger partial charge is 0.256 e. The van der Waals surface area contributed by atoms with E-state index in [-0.39, 0.29) is 17.5 Å². The highest BCUT2D eigenvalue weighted by Crippen LogP contribution is 2.23. The number of carbonyl (C=O) groups excluding carboxylic acids is 1. The van der Waals surface area contributed by atoms with E-state index < -0.39 is 5.82 Å². The van der Waals surface area contributed by atoms with E-state index in [9.17, 15) is 9.18 Å². The second-order valence-electron chi connectivity index (χ2n) is 5.33. The van der Waals surface area contributed by atoms with Crippen molar-refractivity contribution in [3.05, 3.63) is 29.6 Å². The number of methoxy groups -OCH3 is 1. The van der Waals surface area contributed by atoms with E-state index in [2.05, 4.69) is 0 Å². The number of piperidine rings is 1. The lowest BCUT2D eigenvalue weighted by Gasteiger charge is -2.33. The molecule has 0 spiro atoms. The summed E-state index contributed by atoms with van der Waals surface area (Å²) in [4.78, 5) is 14.0. The molecule has 1 heterocycles. The number of carbonyl (C=O) groups is 1. The summed E-state index contributed by atoms with van der Waals surface area (Å²) in [6.45, 7) is 3.26. The Kier molecular flexibility index (Phi) is 4.60. The SMILES string of the molecule is COc1ccc(C(=O)N2CCC(C(C)N)CC2)c(F)c1. The number of benzene rings is 1. The molecule has 1 aliphatic rings. The van der Waals surface area contributed by atoms with Crippen molar-refractivity contribution in [2.45, 2.75) is 25.8 Å². The van der Waals surface area contributed by atoms with Gasteiger partial charge in [-0.15, -0.1) is 0 Å².